The Labute approximate surface area is 150 Å². The van der Waals surface area contributed by atoms with Crippen LogP contribution in [0.1, 0.15) is 31.0 Å². The van der Waals surface area contributed by atoms with Crippen LogP contribution in [0.2, 0.25) is 0 Å². The Balaban J connectivity index is 1.48. The van der Waals surface area contributed by atoms with E-state index in [0.717, 1.165) is 11.6 Å². The molecule has 1 aliphatic heterocycles. The quantitative estimate of drug-likeness (QED) is 0.709. The number of amides is 1. The van der Waals surface area contributed by atoms with Gasteiger partial charge >= 0.3 is 0 Å². The summed E-state index contributed by atoms with van der Waals surface area (Å²) in [5.74, 6) is 1.68. The molecule has 4 rings (SSSR count). The average molecular weight is 352 g/mol. The zero-order valence-corrected chi connectivity index (χ0v) is 14.8. The monoisotopic (exact) mass is 352 g/mol. The van der Waals surface area contributed by atoms with Crippen molar-refractivity contribution in [2.45, 2.75) is 39.4 Å². The number of carbonyl (C=O) groups is 1. The van der Waals surface area contributed by atoms with Crippen LogP contribution in [-0.2, 0) is 17.9 Å². The molecule has 0 radical (unpaired) electrons. The lowest BCUT2D eigenvalue weighted by atomic mass is 10.2. The highest BCUT2D eigenvalue weighted by atomic mass is 16.2. The summed E-state index contributed by atoms with van der Waals surface area (Å²) in [7, 11) is 0. The zero-order valence-electron chi connectivity index (χ0n) is 14.8. The summed E-state index contributed by atoms with van der Waals surface area (Å²) >= 11 is 0. The molecule has 3 heterocycles. The number of rotatable bonds is 3. The van der Waals surface area contributed by atoms with E-state index in [2.05, 4.69) is 26.7 Å². The van der Waals surface area contributed by atoms with E-state index in [1.807, 2.05) is 19.1 Å². The number of carbonyl (C=O) groups excluding carboxylic acids is 1. The molecule has 1 amide bonds. The fourth-order valence-electron chi connectivity index (χ4n) is 3.56. The maximum absolute atomic E-state index is 12.6. The lowest BCUT2D eigenvalue weighted by Gasteiger charge is -2.32. The Bertz CT molecular complexity index is 1040. The van der Waals surface area contributed by atoms with Crippen LogP contribution in [0.15, 0.2) is 35.4 Å². The number of hydrogen-bond acceptors (Lipinski definition) is 5. The van der Waals surface area contributed by atoms with Crippen molar-refractivity contribution >= 4 is 16.8 Å². The lowest BCUT2D eigenvalue weighted by molar-refractivity contribution is -0.133. The van der Waals surface area contributed by atoms with Gasteiger partial charge in [0.15, 0.2) is 5.82 Å². The lowest BCUT2D eigenvalue weighted by Crippen LogP contribution is -2.41. The smallest absolute Gasteiger partial charge is 0.261 e. The largest absolute Gasteiger partial charge is 0.333 e. The van der Waals surface area contributed by atoms with E-state index in [1.54, 1.807) is 17.0 Å². The number of hydrogen-bond donors (Lipinski definition) is 0. The van der Waals surface area contributed by atoms with E-state index in [9.17, 15) is 9.59 Å². The second-order valence-electron chi connectivity index (χ2n) is 6.67. The summed E-state index contributed by atoms with van der Waals surface area (Å²) in [4.78, 5) is 31.2. The van der Waals surface area contributed by atoms with Crippen LogP contribution in [0.4, 0.5) is 0 Å². The third-order valence-electron chi connectivity index (χ3n) is 4.85. The van der Waals surface area contributed by atoms with Crippen LogP contribution in [0, 0.1) is 6.92 Å². The second-order valence-corrected chi connectivity index (χ2v) is 6.67. The van der Waals surface area contributed by atoms with Crippen molar-refractivity contribution in [1.82, 2.24) is 29.2 Å². The van der Waals surface area contributed by atoms with Gasteiger partial charge in [0.2, 0.25) is 5.91 Å². The Morgan fingerprint density at radius 3 is 2.92 bits per heavy atom. The molecule has 26 heavy (non-hydrogen) atoms. The van der Waals surface area contributed by atoms with E-state index in [4.69, 9.17) is 0 Å². The molecule has 8 heteroatoms. The highest BCUT2D eigenvalue weighted by Crippen LogP contribution is 2.21. The first-order chi connectivity index (χ1) is 12.5. The minimum atomic E-state index is -0.120. The van der Waals surface area contributed by atoms with Crippen LogP contribution in [0.25, 0.3) is 10.9 Å². The van der Waals surface area contributed by atoms with Crippen molar-refractivity contribution in [3.8, 4) is 0 Å². The first kappa shape index (κ1) is 16.4. The summed E-state index contributed by atoms with van der Waals surface area (Å²) in [5.41, 5.74) is 0.547. The van der Waals surface area contributed by atoms with Crippen molar-refractivity contribution < 1.29 is 4.79 Å². The van der Waals surface area contributed by atoms with Gasteiger partial charge in [0.25, 0.3) is 5.56 Å². The molecule has 0 fully saturated rings. The minimum Gasteiger partial charge on any atom is -0.333 e. The van der Waals surface area contributed by atoms with Gasteiger partial charge in [-0.3, -0.25) is 14.2 Å². The fourth-order valence-corrected chi connectivity index (χ4v) is 3.56. The molecule has 0 spiro atoms. The summed E-state index contributed by atoms with van der Waals surface area (Å²) in [5, 5.41) is 8.82. The number of fused-ring (bicyclic) bond motifs is 2. The molecule has 0 saturated heterocycles. The van der Waals surface area contributed by atoms with Gasteiger partial charge in [-0.2, -0.15) is 0 Å². The Hall–Kier alpha value is -3.03. The van der Waals surface area contributed by atoms with Crippen LogP contribution in [0.3, 0.4) is 0 Å². The molecule has 0 N–H and O–H groups in total. The van der Waals surface area contributed by atoms with Crippen LogP contribution >= 0.6 is 0 Å². The molecule has 0 bridgehead atoms. The molecule has 1 aliphatic rings. The van der Waals surface area contributed by atoms with Gasteiger partial charge in [-0.15, -0.1) is 10.2 Å². The van der Waals surface area contributed by atoms with Crippen molar-refractivity contribution in [2.24, 2.45) is 0 Å². The average Bonchev–Trinajstić information content (AvgIpc) is 3.02. The number of nitrogens with zero attached hydrogens (tertiary/aromatic N) is 6. The summed E-state index contributed by atoms with van der Waals surface area (Å²) in [6, 6.07) is 7.36. The summed E-state index contributed by atoms with van der Waals surface area (Å²) in [6.07, 6.45) is 1.76. The van der Waals surface area contributed by atoms with E-state index < -0.39 is 0 Å². The van der Waals surface area contributed by atoms with Gasteiger partial charge in [0.05, 0.1) is 29.8 Å². The Morgan fingerprint density at radius 1 is 1.27 bits per heavy atom. The third kappa shape index (κ3) is 2.77. The van der Waals surface area contributed by atoms with Crippen molar-refractivity contribution in [2.75, 3.05) is 6.54 Å². The molecule has 0 unspecified atom stereocenters. The highest BCUT2D eigenvalue weighted by Gasteiger charge is 2.27. The topological polar surface area (TPSA) is 85.9 Å². The van der Waals surface area contributed by atoms with Gasteiger partial charge in [-0.05, 0) is 26.0 Å². The Morgan fingerprint density at radius 2 is 2.08 bits per heavy atom. The SMILES string of the molecule is Cc1nnc2n1[C@@H](C)CN(C(=O)CCn1cnc3ccccc3c1=O)C2. The highest BCUT2D eigenvalue weighted by molar-refractivity contribution is 5.77. The standard InChI is InChI=1S/C18H20N6O2/c1-12-9-23(10-16-21-20-13(2)24(12)16)17(25)7-8-22-11-19-15-6-4-3-5-14(15)18(22)26/h3-6,11-12H,7-10H2,1-2H3/t12-/m0/s1. The second kappa shape index (κ2) is 6.36. The molecule has 8 nitrogen and oxygen atoms in total. The molecule has 1 aromatic carbocycles. The maximum Gasteiger partial charge on any atom is 0.261 e. The molecular formula is C18H20N6O2. The first-order valence-corrected chi connectivity index (χ1v) is 8.67. The molecule has 0 aliphatic carbocycles. The predicted molar refractivity (Wildman–Crippen MR) is 95.5 cm³/mol. The zero-order chi connectivity index (χ0) is 18.3. The maximum atomic E-state index is 12.6. The number of aryl methyl sites for hydroxylation is 2. The van der Waals surface area contributed by atoms with Gasteiger partial charge in [-0.1, -0.05) is 12.1 Å². The molecule has 2 aromatic heterocycles. The van der Waals surface area contributed by atoms with Crippen LogP contribution in [0.5, 0.6) is 0 Å². The van der Waals surface area contributed by atoms with E-state index in [-0.39, 0.29) is 23.9 Å². The van der Waals surface area contributed by atoms with Gasteiger partial charge < -0.3 is 9.47 Å². The molecule has 1 atom stereocenters. The number of para-hydroxylation sites is 1. The summed E-state index contributed by atoms with van der Waals surface area (Å²) in [6.45, 7) is 5.36. The van der Waals surface area contributed by atoms with E-state index in [1.165, 1.54) is 10.9 Å². The van der Waals surface area contributed by atoms with Gasteiger partial charge in [0, 0.05) is 19.5 Å². The molecule has 134 valence electrons. The van der Waals surface area contributed by atoms with Gasteiger partial charge in [0.1, 0.15) is 5.82 Å². The molecular weight excluding hydrogens is 332 g/mol. The van der Waals surface area contributed by atoms with E-state index >= 15 is 0 Å². The van der Waals surface area contributed by atoms with Crippen molar-refractivity contribution in [1.29, 1.82) is 0 Å². The van der Waals surface area contributed by atoms with E-state index in [0.29, 0.717) is 30.5 Å². The minimum absolute atomic E-state index is 0.00353. The molecule has 3 aromatic rings. The molecule has 0 saturated carbocycles. The number of aromatic nitrogens is 5. The van der Waals surface area contributed by atoms with Crippen molar-refractivity contribution in [3.63, 3.8) is 0 Å². The summed E-state index contributed by atoms with van der Waals surface area (Å²) < 4.78 is 3.57. The number of benzene rings is 1. The van der Waals surface area contributed by atoms with Crippen LogP contribution in [-0.4, -0.2) is 41.7 Å². The fraction of sp³-hybridized carbons (Fsp3) is 0.389. The normalized spacial score (nSPS) is 16.7. The Kier molecular flexibility index (Phi) is 4.02. The first-order valence-electron chi connectivity index (χ1n) is 8.67. The predicted octanol–water partition coefficient (Wildman–Crippen LogP) is 1.29. The van der Waals surface area contributed by atoms with Crippen LogP contribution < -0.4 is 5.56 Å². The van der Waals surface area contributed by atoms with Gasteiger partial charge in [-0.25, -0.2) is 4.98 Å². The van der Waals surface area contributed by atoms with Crippen molar-refractivity contribution in [3.05, 3.63) is 52.6 Å². The third-order valence-corrected chi connectivity index (χ3v) is 4.85.